The summed E-state index contributed by atoms with van der Waals surface area (Å²) in [4.78, 5) is 26.3. The van der Waals surface area contributed by atoms with E-state index in [4.69, 9.17) is 4.74 Å². The first-order valence-electron chi connectivity index (χ1n) is 9.54. The molecule has 1 unspecified atom stereocenters. The molecule has 0 aromatic carbocycles. The Labute approximate surface area is 143 Å². The number of amides is 1. The fraction of sp³-hybridized carbons (Fsp3) is 0.895. The molecule has 0 saturated heterocycles. The highest BCUT2D eigenvalue weighted by atomic mass is 16.5. The van der Waals surface area contributed by atoms with Crippen molar-refractivity contribution in [3.63, 3.8) is 0 Å². The van der Waals surface area contributed by atoms with Crippen LogP contribution in [0.2, 0.25) is 0 Å². The lowest BCUT2D eigenvalue weighted by Crippen LogP contribution is -2.44. The Morgan fingerprint density at radius 1 is 0.870 bits per heavy atom. The van der Waals surface area contributed by atoms with Gasteiger partial charge in [0.15, 0.2) is 0 Å². The fourth-order valence-corrected chi connectivity index (χ4v) is 2.45. The van der Waals surface area contributed by atoms with Crippen molar-refractivity contribution in [2.45, 2.75) is 97.9 Å². The van der Waals surface area contributed by atoms with Gasteiger partial charge in [0.05, 0.1) is 6.61 Å². The topological polar surface area (TPSA) is 46.6 Å². The lowest BCUT2D eigenvalue weighted by molar-refractivity contribution is -0.154. The third-order valence-corrected chi connectivity index (χ3v) is 4.12. The number of nitrogens with zero attached hydrogens (tertiary/aromatic N) is 1. The second-order valence-corrected chi connectivity index (χ2v) is 6.30. The highest BCUT2D eigenvalue weighted by Crippen LogP contribution is 2.11. The molecule has 0 aliphatic rings. The summed E-state index contributed by atoms with van der Waals surface area (Å²) in [5, 5.41) is 0. The number of carbonyl (C=O) groups is 2. The molecule has 136 valence electrons. The molecule has 0 bridgehead atoms. The van der Waals surface area contributed by atoms with E-state index < -0.39 is 6.04 Å². The van der Waals surface area contributed by atoms with Crippen molar-refractivity contribution in [2.24, 2.45) is 0 Å². The maximum Gasteiger partial charge on any atom is 0.328 e. The normalized spacial score (nSPS) is 12.0. The molecule has 1 amide bonds. The van der Waals surface area contributed by atoms with E-state index in [0.29, 0.717) is 19.6 Å². The quantitative estimate of drug-likeness (QED) is 0.343. The van der Waals surface area contributed by atoms with E-state index >= 15 is 0 Å². The van der Waals surface area contributed by atoms with Crippen LogP contribution in [0.5, 0.6) is 0 Å². The third-order valence-electron chi connectivity index (χ3n) is 4.12. The number of carbonyl (C=O) groups excluding carboxylic acids is 2. The van der Waals surface area contributed by atoms with E-state index in [2.05, 4.69) is 20.8 Å². The summed E-state index contributed by atoms with van der Waals surface area (Å²) in [5.74, 6) is -0.177. The van der Waals surface area contributed by atoms with Crippen molar-refractivity contribution < 1.29 is 14.3 Å². The second-order valence-electron chi connectivity index (χ2n) is 6.30. The third kappa shape index (κ3) is 10.4. The van der Waals surface area contributed by atoms with Crippen LogP contribution in [-0.2, 0) is 14.3 Å². The standard InChI is InChI=1S/C19H37NO3/c1-5-8-11-12-13-14-18(21)20(15-9-6-2)17(4)19(22)23-16-10-7-3/h17H,5-16H2,1-4H3. The average molecular weight is 328 g/mol. The van der Waals surface area contributed by atoms with Crippen LogP contribution < -0.4 is 0 Å². The van der Waals surface area contributed by atoms with Crippen LogP contribution in [0.25, 0.3) is 0 Å². The fourth-order valence-electron chi connectivity index (χ4n) is 2.45. The summed E-state index contributed by atoms with van der Waals surface area (Å²) in [6.07, 6.45) is 9.98. The van der Waals surface area contributed by atoms with Gasteiger partial charge in [-0.3, -0.25) is 4.79 Å². The molecule has 0 rings (SSSR count). The van der Waals surface area contributed by atoms with E-state index in [9.17, 15) is 9.59 Å². The van der Waals surface area contributed by atoms with Crippen molar-refractivity contribution in [3.05, 3.63) is 0 Å². The SMILES string of the molecule is CCCCCCCC(=O)N(CCCC)C(C)C(=O)OCCCC. The van der Waals surface area contributed by atoms with Crippen molar-refractivity contribution in [3.8, 4) is 0 Å². The zero-order valence-electron chi connectivity index (χ0n) is 15.7. The van der Waals surface area contributed by atoms with Gasteiger partial charge in [0.1, 0.15) is 6.04 Å². The monoisotopic (exact) mass is 327 g/mol. The molecule has 0 aliphatic carbocycles. The predicted molar refractivity (Wildman–Crippen MR) is 95.3 cm³/mol. The van der Waals surface area contributed by atoms with Gasteiger partial charge in [-0.1, -0.05) is 59.3 Å². The van der Waals surface area contributed by atoms with Gasteiger partial charge in [0.2, 0.25) is 5.91 Å². The summed E-state index contributed by atoms with van der Waals surface area (Å²) < 4.78 is 5.28. The highest BCUT2D eigenvalue weighted by molar-refractivity contribution is 5.84. The molecular formula is C19H37NO3. The van der Waals surface area contributed by atoms with Crippen molar-refractivity contribution >= 4 is 11.9 Å². The van der Waals surface area contributed by atoms with Gasteiger partial charge in [-0.05, 0) is 26.2 Å². The van der Waals surface area contributed by atoms with Crippen LogP contribution >= 0.6 is 0 Å². The van der Waals surface area contributed by atoms with Gasteiger partial charge < -0.3 is 9.64 Å². The Kier molecular flexibility index (Phi) is 13.9. The Hall–Kier alpha value is -1.06. The molecule has 0 aliphatic heterocycles. The molecule has 0 aromatic rings. The van der Waals surface area contributed by atoms with Crippen molar-refractivity contribution in [1.29, 1.82) is 0 Å². The van der Waals surface area contributed by atoms with Gasteiger partial charge in [0, 0.05) is 13.0 Å². The van der Waals surface area contributed by atoms with E-state index in [1.807, 2.05) is 0 Å². The Morgan fingerprint density at radius 2 is 1.48 bits per heavy atom. The number of ether oxygens (including phenoxy) is 1. The average Bonchev–Trinajstić information content (AvgIpc) is 2.54. The number of hydrogen-bond acceptors (Lipinski definition) is 3. The van der Waals surface area contributed by atoms with Crippen LogP contribution in [0.15, 0.2) is 0 Å². The number of rotatable bonds is 14. The maximum absolute atomic E-state index is 12.5. The van der Waals surface area contributed by atoms with Crippen molar-refractivity contribution in [1.82, 2.24) is 4.90 Å². The first kappa shape index (κ1) is 21.9. The first-order chi connectivity index (χ1) is 11.1. The van der Waals surface area contributed by atoms with Gasteiger partial charge >= 0.3 is 5.97 Å². The van der Waals surface area contributed by atoms with E-state index in [-0.39, 0.29) is 11.9 Å². The van der Waals surface area contributed by atoms with Crippen LogP contribution in [0.4, 0.5) is 0 Å². The van der Waals surface area contributed by atoms with Gasteiger partial charge in [-0.15, -0.1) is 0 Å². The number of esters is 1. The minimum Gasteiger partial charge on any atom is -0.464 e. The molecule has 0 heterocycles. The van der Waals surface area contributed by atoms with Gasteiger partial charge in [-0.2, -0.15) is 0 Å². The molecule has 0 aromatic heterocycles. The molecule has 0 N–H and O–H groups in total. The molecule has 1 atom stereocenters. The van der Waals surface area contributed by atoms with Gasteiger partial charge in [-0.25, -0.2) is 4.79 Å². The molecular weight excluding hydrogens is 290 g/mol. The van der Waals surface area contributed by atoms with Crippen LogP contribution in [0.3, 0.4) is 0 Å². The zero-order chi connectivity index (χ0) is 17.5. The summed E-state index contributed by atoms with van der Waals surface area (Å²) in [6, 6.07) is -0.471. The predicted octanol–water partition coefficient (Wildman–Crippen LogP) is 4.71. The molecule has 0 saturated carbocycles. The van der Waals surface area contributed by atoms with E-state index in [1.165, 1.54) is 19.3 Å². The summed E-state index contributed by atoms with van der Waals surface area (Å²) in [5.41, 5.74) is 0. The summed E-state index contributed by atoms with van der Waals surface area (Å²) in [6.45, 7) is 9.23. The van der Waals surface area contributed by atoms with E-state index in [1.54, 1.807) is 11.8 Å². The second kappa shape index (κ2) is 14.5. The molecule has 23 heavy (non-hydrogen) atoms. The highest BCUT2D eigenvalue weighted by Gasteiger charge is 2.26. The Morgan fingerprint density at radius 3 is 2.09 bits per heavy atom. The Balaban J connectivity index is 4.40. The van der Waals surface area contributed by atoms with E-state index in [0.717, 1.165) is 38.5 Å². The smallest absolute Gasteiger partial charge is 0.328 e. The summed E-state index contributed by atoms with van der Waals surface area (Å²) >= 11 is 0. The molecule has 4 heteroatoms. The van der Waals surface area contributed by atoms with Gasteiger partial charge in [0.25, 0.3) is 0 Å². The maximum atomic E-state index is 12.5. The lowest BCUT2D eigenvalue weighted by Gasteiger charge is -2.28. The van der Waals surface area contributed by atoms with Crippen molar-refractivity contribution in [2.75, 3.05) is 13.2 Å². The van der Waals surface area contributed by atoms with Crippen LogP contribution in [-0.4, -0.2) is 36.0 Å². The number of hydrogen-bond donors (Lipinski definition) is 0. The largest absolute Gasteiger partial charge is 0.464 e. The molecule has 0 spiro atoms. The minimum absolute atomic E-state index is 0.0925. The summed E-state index contributed by atoms with van der Waals surface area (Å²) in [7, 11) is 0. The molecule has 0 fully saturated rings. The lowest BCUT2D eigenvalue weighted by atomic mass is 10.1. The van der Waals surface area contributed by atoms with Crippen LogP contribution in [0.1, 0.15) is 91.9 Å². The minimum atomic E-state index is -0.471. The first-order valence-corrected chi connectivity index (χ1v) is 9.54. The molecule has 4 nitrogen and oxygen atoms in total. The zero-order valence-corrected chi connectivity index (χ0v) is 15.7. The molecule has 0 radical (unpaired) electrons. The number of unbranched alkanes of at least 4 members (excludes halogenated alkanes) is 6. The Bertz CT molecular complexity index is 318. The van der Waals surface area contributed by atoms with Crippen LogP contribution in [0, 0.1) is 0 Å².